The van der Waals surface area contributed by atoms with Gasteiger partial charge in [0.15, 0.2) is 0 Å². The van der Waals surface area contributed by atoms with E-state index in [9.17, 15) is 9.59 Å². The number of aromatic amines is 1. The number of rotatable bonds is 3. The molecule has 0 aliphatic rings. The standard InChI is InChI=1S/C9H13N3O3/c1-10-7-4-6(5-8(13)11-7)9(14)12(2)15-3/h4-5H,1-3H3,(H2,10,11,13). The number of hydroxylamine groups is 2. The van der Waals surface area contributed by atoms with Crippen LogP contribution >= 0.6 is 0 Å². The molecule has 1 amide bonds. The Kier molecular flexibility index (Phi) is 3.46. The summed E-state index contributed by atoms with van der Waals surface area (Å²) in [7, 11) is 4.51. The van der Waals surface area contributed by atoms with Crippen LogP contribution in [0, 0.1) is 0 Å². The summed E-state index contributed by atoms with van der Waals surface area (Å²) in [5, 5.41) is 3.80. The van der Waals surface area contributed by atoms with E-state index in [0.29, 0.717) is 5.82 Å². The molecule has 0 atom stereocenters. The summed E-state index contributed by atoms with van der Waals surface area (Å²) < 4.78 is 0. The molecule has 1 heterocycles. The van der Waals surface area contributed by atoms with E-state index in [1.807, 2.05) is 0 Å². The molecule has 2 N–H and O–H groups in total. The van der Waals surface area contributed by atoms with Gasteiger partial charge in [0.25, 0.3) is 5.91 Å². The molecule has 6 nitrogen and oxygen atoms in total. The predicted molar refractivity (Wildman–Crippen MR) is 55.7 cm³/mol. The second-order valence-corrected chi connectivity index (χ2v) is 2.88. The SMILES string of the molecule is CNc1cc(C(=O)N(C)OC)cc(=O)[nH]1. The predicted octanol–water partition coefficient (Wildman–Crippen LogP) is 0.0500. The van der Waals surface area contributed by atoms with Crippen LogP contribution in [0.15, 0.2) is 16.9 Å². The van der Waals surface area contributed by atoms with E-state index in [1.54, 1.807) is 13.1 Å². The van der Waals surface area contributed by atoms with E-state index in [2.05, 4.69) is 10.3 Å². The Balaban J connectivity index is 3.09. The fourth-order valence-corrected chi connectivity index (χ4v) is 1.07. The lowest BCUT2D eigenvalue weighted by atomic mass is 10.2. The van der Waals surface area contributed by atoms with Crippen molar-refractivity contribution in [1.82, 2.24) is 10.0 Å². The summed E-state index contributed by atoms with van der Waals surface area (Å²) in [5.74, 6) is 0.107. The molecule has 0 radical (unpaired) electrons. The lowest BCUT2D eigenvalue weighted by Gasteiger charge is -2.13. The van der Waals surface area contributed by atoms with Crippen LogP contribution in [-0.4, -0.2) is 37.2 Å². The number of carbonyl (C=O) groups is 1. The zero-order valence-electron chi connectivity index (χ0n) is 8.83. The average Bonchev–Trinajstić information content (AvgIpc) is 2.26. The molecule has 0 aliphatic carbocycles. The summed E-state index contributed by atoms with van der Waals surface area (Å²) in [6.07, 6.45) is 0. The highest BCUT2D eigenvalue weighted by molar-refractivity contribution is 5.93. The maximum absolute atomic E-state index is 11.6. The average molecular weight is 211 g/mol. The van der Waals surface area contributed by atoms with Gasteiger partial charge in [0.2, 0.25) is 5.56 Å². The van der Waals surface area contributed by atoms with E-state index in [1.165, 1.54) is 20.2 Å². The minimum atomic E-state index is -0.375. The van der Waals surface area contributed by atoms with Crippen molar-refractivity contribution in [3.63, 3.8) is 0 Å². The van der Waals surface area contributed by atoms with Gasteiger partial charge in [-0.1, -0.05) is 0 Å². The molecule has 0 bridgehead atoms. The van der Waals surface area contributed by atoms with Gasteiger partial charge < -0.3 is 10.3 Å². The number of nitrogens with one attached hydrogen (secondary N) is 2. The van der Waals surface area contributed by atoms with E-state index in [0.717, 1.165) is 5.06 Å². The number of amides is 1. The van der Waals surface area contributed by atoms with Gasteiger partial charge >= 0.3 is 0 Å². The molecule has 6 heteroatoms. The number of hydrogen-bond acceptors (Lipinski definition) is 4. The molecule has 0 unspecified atom stereocenters. The summed E-state index contributed by atoms with van der Waals surface area (Å²) >= 11 is 0. The molecule has 0 saturated carbocycles. The van der Waals surface area contributed by atoms with Gasteiger partial charge in [-0.3, -0.25) is 14.4 Å². The minimum absolute atomic E-state index is 0.271. The molecule has 0 aliphatic heterocycles. The van der Waals surface area contributed by atoms with Crippen molar-refractivity contribution in [1.29, 1.82) is 0 Å². The number of aromatic nitrogens is 1. The van der Waals surface area contributed by atoms with Crippen LogP contribution in [0.2, 0.25) is 0 Å². The first-order chi connectivity index (χ1) is 7.08. The number of carbonyl (C=O) groups excluding carboxylic acids is 1. The van der Waals surface area contributed by atoms with Crippen molar-refractivity contribution in [2.45, 2.75) is 0 Å². The quantitative estimate of drug-likeness (QED) is 0.693. The van der Waals surface area contributed by atoms with Gasteiger partial charge in [-0.2, -0.15) is 0 Å². The van der Waals surface area contributed by atoms with Crippen LogP contribution in [-0.2, 0) is 4.84 Å². The van der Waals surface area contributed by atoms with E-state index < -0.39 is 0 Å². The topological polar surface area (TPSA) is 74.4 Å². The Morgan fingerprint density at radius 3 is 2.73 bits per heavy atom. The smallest absolute Gasteiger partial charge is 0.277 e. The summed E-state index contributed by atoms with van der Waals surface area (Å²) in [5.41, 5.74) is -0.0675. The monoisotopic (exact) mass is 211 g/mol. The fraction of sp³-hybridized carbons (Fsp3) is 0.333. The van der Waals surface area contributed by atoms with Crippen molar-refractivity contribution >= 4 is 11.7 Å². The molecule has 15 heavy (non-hydrogen) atoms. The normalized spacial score (nSPS) is 9.80. The Labute approximate surface area is 86.8 Å². The third kappa shape index (κ3) is 2.57. The highest BCUT2D eigenvalue weighted by atomic mass is 16.7. The molecule has 0 fully saturated rings. The first kappa shape index (κ1) is 11.3. The number of H-pyrrole nitrogens is 1. The van der Waals surface area contributed by atoms with Crippen LogP contribution in [0.25, 0.3) is 0 Å². The van der Waals surface area contributed by atoms with E-state index in [-0.39, 0.29) is 17.0 Å². The summed E-state index contributed by atoms with van der Waals surface area (Å²) in [4.78, 5) is 30.1. The van der Waals surface area contributed by atoms with Gasteiger partial charge in [0, 0.05) is 20.2 Å². The van der Waals surface area contributed by atoms with Crippen LogP contribution in [0.1, 0.15) is 10.4 Å². The molecule has 0 spiro atoms. The number of hydrogen-bond donors (Lipinski definition) is 2. The molecular formula is C9H13N3O3. The molecule has 1 aromatic heterocycles. The number of pyridine rings is 1. The highest BCUT2D eigenvalue weighted by Crippen LogP contribution is 2.05. The van der Waals surface area contributed by atoms with Crippen LogP contribution in [0.3, 0.4) is 0 Å². The Morgan fingerprint density at radius 1 is 1.53 bits per heavy atom. The van der Waals surface area contributed by atoms with Crippen molar-refractivity contribution in [3.05, 3.63) is 28.0 Å². The van der Waals surface area contributed by atoms with Crippen LogP contribution < -0.4 is 10.9 Å². The summed E-state index contributed by atoms with van der Waals surface area (Å²) in [6.45, 7) is 0. The molecule has 82 valence electrons. The van der Waals surface area contributed by atoms with Gasteiger partial charge in [0.1, 0.15) is 5.82 Å². The van der Waals surface area contributed by atoms with Gasteiger partial charge in [-0.25, -0.2) is 5.06 Å². The van der Waals surface area contributed by atoms with Gasteiger partial charge in [0.05, 0.1) is 12.7 Å². The maximum atomic E-state index is 11.6. The van der Waals surface area contributed by atoms with E-state index >= 15 is 0 Å². The molecule has 1 rings (SSSR count). The minimum Gasteiger partial charge on any atom is -0.375 e. The Morgan fingerprint density at radius 2 is 2.20 bits per heavy atom. The Bertz CT molecular complexity index is 413. The number of nitrogens with zero attached hydrogens (tertiary/aromatic N) is 1. The zero-order chi connectivity index (χ0) is 11.4. The largest absolute Gasteiger partial charge is 0.375 e. The van der Waals surface area contributed by atoms with Crippen molar-refractivity contribution in [3.8, 4) is 0 Å². The lowest BCUT2D eigenvalue weighted by molar-refractivity contribution is -0.0757. The van der Waals surface area contributed by atoms with Gasteiger partial charge in [-0.05, 0) is 6.07 Å². The van der Waals surface area contributed by atoms with Crippen molar-refractivity contribution in [2.75, 3.05) is 26.5 Å². The highest BCUT2D eigenvalue weighted by Gasteiger charge is 2.12. The van der Waals surface area contributed by atoms with Crippen LogP contribution in [0.4, 0.5) is 5.82 Å². The molecule has 1 aromatic rings. The first-order valence-electron chi connectivity index (χ1n) is 4.32. The maximum Gasteiger partial charge on any atom is 0.277 e. The van der Waals surface area contributed by atoms with Crippen LogP contribution in [0.5, 0.6) is 0 Å². The third-order valence-electron chi connectivity index (χ3n) is 1.92. The zero-order valence-corrected chi connectivity index (χ0v) is 8.83. The lowest BCUT2D eigenvalue weighted by Crippen LogP contribution is -2.26. The third-order valence-corrected chi connectivity index (χ3v) is 1.92. The Hall–Kier alpha value is -1.82. The van der Waals surface area contributed by atoms with Crippen molar-refractivity contribution < 1.29 is 9.63 Å². The molecular weight excluding hydrogens is 198 g/mol. The second kappa shape index (κ2) is 4.61. The molecule has 0 saturated heterocycles. The van der Waals surface area contributed by atoms with Crippen molar-refractivity contribution in [2.24, 2.45) is 0 Å². The van der Waals surface area contributed by atoms with Gasteiger partial charge in [-0.15, -0.1) is 0 Å². The summed E-state index contributed by atoms with van der Waals surface area (Å²) in [6, 6.07) is 2.76. The second-order valence-electron chi connectivity index (χ2n) is 2.88. The van der Waals surface area contributed by atoms with E-state index in [4.69, 9.17) is 4.84 Å². The first-order valence-corrected chi connectivity index (χ1v) is 4.32. The fourth-order valence-electron chi connectivity index (χ4n) is 1.07. The number of anilines is 1. The molecule has 0 aromatic carbocycles.